The summed E-state index contributed by atoms with van der Waals surface area (Å²) in [4.78, 5) is 4.29. The fourth-order valence-corrected chi connectivity index (χ4v) is 6.47. The normalized spacial score (nSPS) is 14.7. The van der Waals surface area contributed by atoms with Gasteiger partial charge in [-0.15, -0.1) is 16.4 Å². The fourth-order valence-electron chi connectivity index (χ4n) is 6.47. The number of hydrogen-bond acceptors (Lipinski definition) is 1. The van der Waals surface area contributed by atoms with Crippen molar-refractivity contribution >= 4 is 28.7 Å². The molecule has 1 aliphatic carbocycles. The Bertz CT molecular complexity index is 1810. The van der Waals surface area contributed by atoms with E-state index in [2.05, 4.69) is 4.99 Å². The molecule has 0 heterocycles. The van der Waals surface area contributed by atoms with Crippen LogP contribution in [0.1, 0.15) is 73.1 Å². The van der Waals surface area contributed by atoms with Gasteiger partial charge in [-0.2, -0.15) is 5.47 Å². The largest absolute Gasteiger partial charge is 0.287 e. The molecular formula is C35H28BF15N-. The van der Waals surface area contributed by atoms with Crippen molar-refractivity contribution in [2.24, 2.45) is 4.99 Å². The van der Waals surface area contributed by atoms with Gasteiger partial charge < -0.3 is 0 Å². The summed E-state index contributed by atoms with van der Waals surface area (Å²) in [6, 6.07) is 0. The van der Waals surface area contributed by atoms with E-state index >= 15 is 52.7 Å². The summed E-state index contributed by atoms with van der Waals surface area (Å²) in [7, 11) is 0. The van der Waals surface area contributed by atoms with Crippen molar-refractivity contribution in [2.45, 2.75) is 78.7 Å². The second kappa shape index (κ2) is 14.7. The van der Waals surface area contributed by atoms with Crippen LogP contribution in [0.15, 0.2) is 27.2 Å². The molecule has 0 unspecified atom stereocenters. The van der Waals surface area contributed by atoms with E-state index in [1.54, 1.807) is 34.6 Å². The zero-order valence-electron chi connectivity index (χ0n) is 28.0. The number of benzene rings is 3. The first-order chi connectivity index (χ1) is 24.1. The van der Waals surface area contributed by atoms with Gasteiger partial charge in [0, 0.05) is 6.21 Å². The third kappa shape index (κ3) is 6.41. The second-order valence-corrected chi connectivity index (χ2v) is 13.2. The van der Waals surface area contributed by atoms with Crippen LogP contribution in [0.2, 0.25) is 0 Å². The number of unbranched alkanes of at least 4 members (excludes halogenated alkanes) is 2. The molecule has 0 N–H and O–H groups in total. The molecule has 0 aromatic heterocycles. The molecule has 0 atom stereocenters. The van der Waals surface area contributed by atoms with Crippen LogP contribution < -0.4 is 16.4 Å². The molecule has 1 aliphatic rings. The standard InChI is InChI=1S/C35H28BF15N/c1-6-8-10-13(12-52-35(3,4)5)15-14(11-9-7-2)16(15)36(17-20(37)26(43)32(49)27(44)21(17)38,18-22(39)28(45)33(50)29(46)23(18)40)19-24(41)30(47)34(51)31(48)25(19)42/h12H,6-11H2,1-5H3/q-1. The maximum Gasteiger partial charge on any atom is 0.200 e. The fraction of sp³-hybridized carbons (Fsp3) is 0.343. The average molecular weight is 758 g/mol. The van der Waals surface area contributed by atoms with Gasteiger partial charge in [0.2, 0.25) is 0 Å². The molecule has 52 heavy (non-hydrogen) atoms. The predicted octanol–water partition coefficient (Wildman–Crippen LogP) is 9.64. The predicted molar refractivity (Wildman–Crippen MR) is 165 cm³/mol. The lowest BCUT2D eigenvalue weighted by molar-refractivity contribution is 0.379. The van der Waals surface area contributed by atoms with E-state index in [4.69, 9.17) is 0 Å². The highest BCUT2D eigenvalue weighted by molar-refractivity contribution is 7.18. The van der Waals surface area contributed by atoms with Crippen LogP contribution in [-0.2, 0) is 0 Å². The summed E-state index contributed by atoms with van der Waals surface area (Å²) in [6.07, 6.45) is -4.37. The molecule has 0 spiro atoms. The van der Waals surface area contributed by atoms with E-state index in [-0.39, 0.29) is 31.3 Å². The Morgan fingerprint density at radius 2 is 0.808 bits per heavy atom. The molecule has 0 amide bonds. The van der Waals surface area contributed by atoms with Gasteiger partial charge in [-0.25, -0.2) is 65.9 Å². The molecule has 0 saturated heterocycles. The summed E-state index contributed by atoms with van der Waals surface area (Å²) in [5.74, 6) is -45.1. The van der Waals surface area contributed by atoms with Crippen LogP contribution in [0.5, 0.6) is 0 Å². The molecule has 4 rings (SSSR count). The lowest BCUT2D eigenvalue weighted by Crippen LogP contribution is -2.73. The van der Waals surface area contributed by atoms with E-state index in [1.807, 2.05) is 0 Å². The number of rotatable bonds is 11. The van der Waals surface area contributed by atoms with Crippen LogP contribution in [0.3, 0.4) is 0 Å². The van der Waals surface area contributed by atoms with Gasteiger partial charge in [-0.1, -0.05) is 37.8 Å². The third-order valence-corrected chi connectivity index (χ3v) is 8.81. The van der Waals surface area contributed by atoms with E-state index in [0.29, 0.717) is 6.42 Å². The number of nitrogens with zero attached hydrogens (tertiary/aromatic N) is 1. The number of halogens is 15. The van der Waals surface area contributed by atoms with Crippen molar-refractivity contribution in [3.63, 3.8) is 0 Å². The Kier molecular flexibility index (Phi) is 11.5. The van der Waals surface area contributed by atoms with Crippen molar-refractivity contribution in [3.8, 4) is 0 Å². The highest BCUT2D eigenvalue weighted by atomic mass is 19.2. The number of allylic oxidation sites excluding steroid dienone is 4. The number of aliphatic imine (C=N–C) groups is 1. The maximum absolute atomic E-state index is 16.2. The van der Waals surface area contributed by atoms with Crippen molar-refractivity contribution in [3.05, 3.63) is 109 Å². The summed E-state index contributed by atoms with van der Waals surface area (Å²) in [5, 5.41) is 0. The van der Waals surface area contributed by atoms with E-state index in [1.165, 1.54) is 0 Å². The van der Waals surface area contributed by atoms with Gasteiger partial charge in [-0.3, -0.25) is 4.99 Å². The zero-order chi connectivity index (χ0) is 39.4. The maximum atomic E-state index is 16.2. The van der Waals surface area contributed by atoms with Gasteiger partial charge in [0.15, 0.2) is 52.4 Å². The molecule has 3 aromatic carbocycles. The molecule has 17 heteroatoms. The van der Waals surface area contributed by atoms with Gasteiger partial charge >= 0.3 is 0 Å². The highest BCUT2D eigenvalue weighted by Crippen LogP contribution is 2.51. The SMILES string of the molecule is CCCCC(C=NC(C)(C)C)=C1C(CCCC)=C1[B-](c1c(F)c(F)c(F)c(F)c1F)(c1c(F)c(F)c(F)c(F)c1F)c1c(F)c(F)c(F)c(F)c1F. The van der Waals surface area contributed by atoms with Gasteiger partial charge in [0.1, 0.15) is 41.0 Å². The van der Waals surface area contributed by atoms with E-state index in [9.17, 15) is 13.2 Å². The molecule has 0 aliphatic heterocycles. The molecule has 1 nitrogen and oxygen atoms in total. The smallest absolute Gasteiger partial charge is 0.200 e. The van der Waals surface area contributed by atoms with Crippen LogP contribution in [0.4, 0.5) is 65.9 Å². The topological polar surface area (TPSA) is 12.4 Å². The quantitative estimate of drug-likeness (QED) is 0.0608. The minimum Gasteiger partial charge on any atom is -0.287 e. The van der Waals surface area contributed by atoms with Crippen LogP contribution >= 0.6 is 0 Å². The molecule has 0 radical (unpaired) electrons. The van der Waals surface area contributed by atoms with E-state index < -0.39 is 138 Å². The van der Waals surface area contributed by atoms with Gasteiger partial charge in [0.05, 0.1) is 5.54 Å². The van der Waals surface area contributed by atoms with Crippen molar-refractivity contribution in [2.75, 3.05) is 0 Å². The van der Waals surface area contributed by atoms with Crippen molar-refractivity contribution in [1.29, 1.82) is 0 Å². The third-order valence-electron chi connectivity index (χ3n) is 8.81. The minimum atomic E-state index is -5.81. The first kappa shape index (κ1) is 40.6. The minimum absolute atomic E-state index is 0.0112. The van der Waals surface area contributed by atoms with Gasteiger partial charge in [-0.05, 0) is 52.0 Å². The summed E-state index contributed by atoms with van der Waals surface area (Å²) in [6.45, 7) is 7.99. The zero-order valence-corrected chi connectivity index (χ0v) is 28.0. The van der Waals surface area contributed by atoms with Crippen molar-refractivity contribution in [1.82, 2.24) is 0 Å². The van der Waals surface area contributed by atoms with Crippen LogP contribution in [-0.4, -0.2) is 17.9 Å². The average Bonchev–Trinajstić information content (AvgIpc) is 3.82. The first-order valence-corrected chi connectivity index (χ1v) is 15.9. The Balaban J connectivity index is 2.54. The Hall–Kier alpha value is -4.18. The van der Waals surface area contributed by atoms with Crippen LogP contribution in [0.25, 0.3) is 0 Å². The molecule has 0 saturated carbocycles. The molecule has 282 valence electrons. The molecule has 0 fully saturated rings. The lowest BCUT2D eigenvalue weighted by Gasteiger charge is -2.43. The Morgan fingerprint density at radius 3 is 1.10 bits per heavy atom. The highest BCUT2D eigenvalue weighted by Gasteiger charge is 2.54. The van der Waals surface area contributed by atoms with Gasteiger partial charge in [0.25, 0.3) is 0 Å². The molecular weight excluding hydrogens is 730 g/mol. The summed E-state index contributed by atoms with van der Waals surface area (Å²) < 4.78 is 231. The number of hydrogen-bond donors (Lipinski definition) is 0. The van der Waals surface area contributed by atoms with Crippen molar-refractivity contribution < 1.29 is 65.9 Å². The molecule has 3 aromatic rings. The summed E-state index contributed by atoms with van der Waals surface area (Å²) >= 11 is 0. The monoisotopic (exact) mass is 758 g/mol. The Morgan fingerprint density at radius 1 is 0.500 bits per heavy atom. The summed E-state index contributed by atoms with van der Waals surface area (Å²) in [5.41, 5.74) is -10.9. The van der Waals surface area contributed by atoms with Crippen LogP contribution in [0, 0.1) is 87.3 Å². The lowest BCUT2D eigenvalue weighted by atomic mass is 9.13. The second-order valence-electron chi connectivity index (χ2n) is 13.2. The Labute approximate surface area is 287 Å². The first-order valence-electron chi connectivity index (χ1n) is 15.9. The van der Waals surface area contributed by atoms with E-state index in [0.717, 1.165) is 6.21 Å². The molecule has 0 bridgehead atoms.